The van der Waals surface area contributed by atoms with Crippen LogP contribution < -0.4 is 5.09 Å². The van der Waals surface area contributed by atoms with Gasteiger partial charge in [0.1, 0.15) is 5.78 Å². The molecule has 0 aliphatic heterocycles. The minimum absolute atomic E-state index is 0.0510. The molecule has 0 heterocycles. The van der Waals surface area contributed by atoms with Crippen molar-refractivity contribution in [3.8, 4) is 0 Å². The quantitative estimate of drug-likeness (QED) is 0.214. The molecule has 1 rings (SSSR count). The number of carbonyl (C=O) groups is 2. The van der Waals surface area contributed by atoms with Gasteiger partial charge >= 0.3 is 27.3 Å². The van der Waals surface area contributed by atoms with E-state index in [4.69, 9.17) is 23.0 Å². The molecule has 0 spiro atoms. The summed E-state index contributed by atoms with van der Waals surface area (Å²) >= 11 is 0. The Hall–Kier alpha value is -1.62. The van der Waals surface area contributed by atoms with Crippen LogP contribution in [-0.2, 0) is 41.8 Å². The van der Waals surface area contributed by atoms with Gasteiger partial charge in [0.2, 0.25) is 6.10 Å². The van der Waals surface area contributed by atoms with Crippen molar-refractivity contribution >= 4 is 27.3 Å². The van der Waals surface area contributed by atoms with Crippen LogP contribution in [0, 0.1) is 6.92 Å². The SMILES string of the molecule is CCOP(=O)(N[C@@H](c1ccc(C)cc1)P(=O)(O)O[C@@H](C(=O)OC(C)C)[C@@H](O)C(=O)OC(C)C)OCC. The fraction of sp³-hybridized carbons (Fsp3) is 0.636. The highest BCUT2D eigenvalue weighted by Gasteiger charge is 2.47. The van der Waals surface area contributed by atoms with Gasteiger partial charge in [-0.2, -0.15) is 0 Å². The first-order chi connectivity index (χ1) is 16.7. The van der Waals surface area contributed by atoms with Crippen LogP contribution in [0.3, 0.4) is 0 Å². The van der Waals surface area contributed by atoms with E-state index in [9.17, 15) is 28.7 Å². The zero-order chi connectivity index (χ0) is 27.7. The molecule has 1 unspecified atom stereocenters. The predicted molar refractivity (Wildman–Crippen MR) is 131 cm³/mol. The van der Waals surface area contributed by atoms with Gasteiger partial charge in [-0.15, -0.1) is 0 Å². The highest BCUT2D eigenvalue weighted by molar-refractivity contribution is 7.56. The summed E-state index contributed by atoms with van der Waals surface area (Å²) in [7, 11) is -9.21. The van der Waals surface area contributed by atoms with E-state index in [1.165, 1.54) is 39.8 Å². The maximum atomic E-state index is 13.6. The number of aliphatic hydroxyl groups excluding tert-OH is 1. The van der Waals surface area contributed by atoms with E-state index in [1.807, 2.05) is 0 Å². The van der Waals surface area contributed by atoms with Crippen molar-refractivity contribution < 1.29 is 51.8 Å². The van der Waals surface area contributed by atoms with Crippen molar-refractivity contribution in [2.24, 2.45) is 0 Å². The Bertz CT molecular complexity index is 942. The second-order valence-electron chi connectivity index (χ2n) is 8.28. The van der Waals surface area contributed by atoms with Crippen molar-refractivity contribution in [3.05, 3.63) is 35.4 Å². The number of hydrogen-bond donors (Lipinski definition) is 3. The Kier molecular flexibility index (Phi) is 12.9. The maximum absolute atomic E-state index is 13.6. The summed E-state index contributed by atoms with van der Waals surface area (Å²) in [6.07, 6.45) is -5.87. The van der Waals surface area contributed by atoms with E-state index in [2.05, 4.69) is 5.09 Å². The van der Waals surface area contributed by atoms with Crippen molar-refractivity contribution in [2.45, 2.75) is 78.7 Å². The van der Waals surface area contributed by atoms with Crippen LogP contribution in [0.25, 0.3) is 0 Å². The average Bonchev–Trinajstić information content (AvgIpc) is 2.75. The summed E-state index contributed by atoms with van der Waals surface area (Å²) in [6.45, 7) is 10.8. The molecular weight excluding hydrogens is 516 g/mol. The number of hydrogen-bond acceptors (Lipinski definition) is 10. The van der Waals surface area contributed by atoms with Crippen molar-refractivity contribution in [1.82, 2.24) is 5.09 Å². The number of nitrogens with one attached hydrogen (secondary N) is 1. The van der Waals surface area contributed by atoms with Crippen molar-refractivity contribution in [1.29, 1.82) is 0 Å². The van der Waals surface area contributed by atoms with Gasteiger partial charge in [0.25, 0.3) is 0 Å². The minimum atomic E-state index is -5.08. The van der Waals surface area contributed by atoms with Gasteiger partial charge in [0.15, 0.2) is 6.10 Å². The second-order valence-corrected chi connectivity index (χ2v) is 11.9. The molecule has 206 valence electrons. The Morgan fingerprint density at radius 2 is 1.39 bits per heavy atom. The summed E-state index contributed by atoms with van der Waals surface area (Å²) in [6, 6.07) is 6.23. The van der Waals surface area contributed by atoms with E-state index in [0.29, 0.717) is 0 Å². The Balaban J connectivity index is 3.50. The van der Waals surface area contributed by atoms with Crippen LogP contribution in [0.15, 0.2) is 24.3 Å². The molecule has 0 radical (unpaired) electrons. The van der Waals surface area contributed by atoms with E-state index in [1.54, 1.807) is 32.9 Å². The zero-order valence-electron chi connectivity index (χ0n) is 21.6. The van der Waals surface area contributed by atoms with Crippen LogP contribution in [0.5, 0.6) is 0 Å². The summed E-state index contributed by atoms with van der Waals surface area (Å²) in [4.78, 5) is 36.0. The molecule has 4 atom stereocenters. The summed E-state index contributed by atoms with van der Waals surface area (Å²) in [5.74, 6) is -4.28. The predicted octanol–water partition coefficient (Wildman–Crippen LogP) is 3.60. The largest absolute Gasteiger partial charge is 0.461 e. The lowest BCUT2D eigenvalue weighted by Crippen LogP contribution is -2.44. The fourth-order valence-corrected chi connectivity index (χ4v) is 6.42. The molecule has 0 fully saturated rings. The van der Waals surface area contributed by atoms with Gasteiger partial charge in [-0.05, 0) is 54.0 Å². The molecule has 0 aliphatic carbocycles. The fourth-order valence-electron chi connectivity index (χ4n) is 2.86. The molecule has 0 aliphatic rings. The van der Waals surface area contributed by atoms with E-state index in [-0.39, 0.29) is 18.8 Å². The Morgan fingerprint density at radius 1 is 0.917 bits per heavy atom. The number of aliphatic hydroxyl groups is 1. The van der Waals surface area contributed by atoms with Crippen LogP contribution in [0.4, 0.5) is 0 Å². The smallest absolute Gasteiger partial charge is 0.406 e. The molecule has 0 saturated heterocycles. The first-order valence-electron chi connectivity index (χ1n) is 11.5. The molecule has 1 aromatic carbocycles. The van der Waals surface area contributed by atoms with Gasteiger partial charge in [-0.1, -0.05) is 29.8 Å². The highest BCUT2D eigenvalue weighted by atomic mass is 31.2. The first kappa shape index (κ1) is 32.4. The average molecular weight is 553 g/mol. The van der Waals surface area contributed by atoms with Gasteiger partial charge < -0.3 is 19.5 Å². The molecular formula is C22H37NO11P2. The first-order valence-corrected chi connectivity index (χ1v) is 14.7. The molecule has 14 heteroatoms. The molecule has 12 nitrogen and oxygen atoms in total. The summed E-state index contributed by atoms with van der Waals surface area (Å²) in [5.41, 5.74) is 0.968. The lowest BCUT2D eigenvalue weighted by molar-refractivity contribution is -0.175. The van der Waals surface area contributed by atoms with Gasteiger partial charge in [-0.3, -0.25) is 18.1 Å². The van der Waals surface area contributed by atoms with Gasteiger partial charge in [0.05, 0.1) is 25.4 Å². The molecule has 0 bridgehead atoms. The van der Waals surface area contributed by atoms with Crippen molar-refractivity contribution in [2.75, 3.05) is 13.2 Å². The summed E-state index contributed by atoms with van der Waals surface area (Å²) < 4.78 is 52.3. The lowest BCUT2D eigenvalue weighted by atomic mass is 10.1. The second kappa shape index (κ2) is 14.4. The van der Waals surface area contributed by atoms with E-state index in [0.717, 1.165) is 5.56 Å². The molecule has 0 amide bonds. The van der Waals surface area contributed by atoms with Crippen LogP contribution in [0.1, 0.15) is 58.5 Å². The molecule has 0 saturated carbocycles. The Labute approximate surface area is 211 Å². The number of rotatable bonds is 15. The number of benzene rings is 1. The van der Waals surface area contributed by atoms with E-state index < -0.39 is 57.5 Å². The summed E-state index contributed by atoms with van der Waals surface area (Å²) in [5, 5.41) is 12.9. The third kappa shape index (κ3) is 10.0. The third-order valence-corrected chi connectivity index (χ3v) is 7.91. The molecule has 36 heavy (non-hydrogen) atoms. The maximum Gasteiger partial charge on any atom is 0.406 e. The lowest BCUT2D eigenvalue weighted by Gasteiger charge is -2.30. The van der Waals surface area contributed by atoms with Crippen LogP contribution in [-0.4, -0.2) is 59.6 Å². The topological polar surface area (TPSA) is 167 Å². The molecule has 1 aromatic rings. The normalized spacial score (nSPS) is 16.3. The molecule has 3 N–H and O–H groups in total. The minimum Gasteiger partial charge on any atom is -0.461 e. The van der Waals surface area contributed by atoms with Crippen LogP contribution in [0.2, 0.25) is 0 Å². The number of aryl methyl sites for hydroxylation is 1. The van der Waals surface area contributed by atoms with Gasteiger partial charge in [-0.25, -0.2) is 19.2 Å². The van der Waals surface area contributed by atoms with Gasteiger partial charge in [0, 0.05) is 0 Å². The number of ether oxygens (including phenoxy) is 2. The highest BCUT2D eigenvalue weighted by Crippen LogP contribution is 2.61. The standard InChI is InChI=1S/C22H37NO11P2/c1-8-30-36(29,31-9-2)23-20(17-12-10-16(7)11-13-17)35(27,28)34-19(22(26)33-15(5)6)18(24)21(25)32-14(3)4/h10-15,18-20,24H,8-9H2,1-7H3,(H,23,29)(H,27,28)/t18-,19-,20-/m1/s1. The van der Waals surface area contributed by atoms with E-state index >= 15 is 0 Å². The van der Waals surface area contributed by atoms with Crippen LogP contribution >= 0.6 is 15.3 Å². The number of carbonyl (C=O) groups excluding carboxylic acids is 2. The number of esters is 2. The zero-order valence-corrected chi connectivity index (χ0v) is 23.4. The third-order valence-electron chi connectivity index (χ3n) is 4.33. The Morgan fingerprint density at radius 3 is 1.83 bits per heavy atom. The van der Waals surface area contributed by atoms with Crippen molar-refractivity contribution in [3.63, 3.8) is 0 Å². The monoisotopic (exact) mass is 553 g/mol. The molecule has 0 aromatic heterocycles.